The summed E-state index contributed by atoms with van der Waals surface area (Å²) in [6.07, 6.45) is 1.68. The van der Waals surface area contributed by atoms with Crippen molar-refractivity contribution in [2.24, 2.45) is 10.9 Å². The Hall–Kier alpha value is -1.99. The predicted octanol–water partition coefficient (Wildman–Crippen LogP) is 3.93. The van der Waals surface area contributed by atoms with Crippen LogP contribution in [0, 0.1) is 5.92 Å². The van der Waals surface area contributed by atoms with Gasteiger partial charge >= 0.3 is 0 Å². The summed E-state index contributed by atoms with van der Waals surface area (Å²) in [5, 5.41) is 3.37. The summed E-state index contributed by atoms with van der Waals surface area (Å²) in [4.78, 5) is 8.72. The highest BCUT2D eigenvalue weighted by molar-refractivity contribution is 7.99. The van der Waals surface area contributed by atoms with Gasteiger partial charge in [-0.3, -0.25) is 4.99 Å². The highest BCUT2D eigenvalue weighted by atomic mass is 32.2. The molecule has 1 aliphatic rings. The molecule has 7 heteroatoms. The van der Waals surface area contributed by atoms with Crippen LogP contribution in [0.2, 0.25) is 0 Å². The van der Waals surface area contributed by atoms with Crippen molar-refractivity contribution < 1.29 is 8.42 Å². The summed E-state index contributed by atoms with van der Waals surface area (Å²) in [5.74, 6) is 2.77. The number of aliphatic imine (C=N–C) groups is 1. The highest BCUT2D eigenvalue weighted by Crippen LogP contribution is 2.25. The molecule has 0 amide bonds. The van der Waals surface area contributed by atoms with Crippen LogP contribution in [0.5, 0.6) is 0 Å². The maximum atomic E-state index is 12.4. The van der Waals surface area contributed by atoms with Gasteiger partial charge in [-0.25, -0.2) is 8.42 Å². The molecule has 0 aromatic heterocycles. The lowest BCUT2D eigenvalue weighted by Gasteiger charge is -2.21. The fourth-order valence-corrected chi connectivity index (χ4v) is 5.87. The van der Waals surface area contributed by atoms with E-state index in [4.69, 9.17) is 4.99 Å². The molecule has 0 radical (unpaired) electrons. The van der Waals surface area contributed by atoms with Crippen molar-refractivity contribution >= 4 is 27.6 Å². The van der Waals surface area contributed by atoms with E-state index in [0.717, 1.165) is 37.8 Å². The molecule has 1 saturated heterocycles. The molecule has 0 saturated carbocycles. The first kappa shape index (κ1) is 22.7. The third kappa shape index (κ3) is 6.77. The minimum absolute atomic E-state index is 0.121. The minimum atomic E-state index is -3.24. The molecular weight excluding hydrogens is 414 g/mol. The second kappa shape index (κ2) is 11.4. The molecular formula is C23H31N3O2S2. The number of benzene rings is 2. The lowest BCUT2D eigenvalue weighted by Crippen LogP contribution is -2.40. The van der Waals surface area contributed by atoms with Gasteiger partial charge in [0.15, 0.2) is 15.8 Å². The van der Waals surface area contributed by atoms with Crippen molar-refractivity contribution in [1.82, 2.24) is 10.2 Å². The Kier molecular flexibility index (Phi) is 8.63. The van der Waals surface area contributed by atoms with Gasteiger partial charge in [0.25, 0.3) is 0 Å². The van der Waals surface area contributed by atoms with Gasteiger partial charge in [-0.15, -0.1) is 11.8 Å². The van der Waals surface area contributed by atoms with Crippen LogP contribution < -0.4 is 5.32 Å². The molecule has 1 N–H and O–H groups in total. The van der Waals surface area contributed by atoms with Crippen LogP contribution in [0.15, 0.2) is 75.4 Å². The molecule has 1 fully saturated rings. The molecule has 0 aliphatic carbocycles. The third-order valence-electron chi connectivity index (χ3n) is 5.08. The van der Waals surface area contributed by atoms with Crippen LogP contribution in [-0.4, -0.2) is 57.0 Å². The molecule has 0 bridgehead atoms. The van der Waals surface area contributed by atoms with Crippen LogP contribution in [0.1, 0.15) is 19.8 Å². The average Bonchev–Trinajstić information content (AvgIpc) is 3.25. The Morgan fingerprint density at radius 3 is 2.53 bits per heavy atom. The topological polar surface area (TPSA) is 61.8 Å². The van der Waals surface area contributed by atoms with Gasteiger partial charge < -0.3 is 10.2 Å². The molecule has 1 atom stereocenters. The highest BCUT2D eigenvalue weighted by Gasteiger charge is 2.25. The van der Waals surface area contributed by atoms with Gasteiger partial charge in [-0.2, -0.15) is 0 Å². The van der Waals surface area contributed by atoms with Gasteiger partial charge in [0.05, 0.1) is 10.6 Å². The number of nitrogens with one attached hydrogen (secondary N) is 1. The van der Waals surface area contributed by atoms with Crippen molar-refractivity contribution in [3.8, 4) is 0 Å². The van der Waals surface area contributed by atoms with E-state index in [2.05, 4.69) is 41.4 Å². The minimum Gasteiger partial charge on any atom is -0.357 e. The van der Waals surface area contributed by atoms with E-state index in [1.165, 1.54) is 4.90 Å². The van der Waals surface area contributed by atoms with E-state index >= 15 is 0 Å². The van der Waals surface area contributed by atoms with Gasteiger partial charge in [0, 0.05) is 36.8 Å². The lowest BCUT2D eigenvalue weighted by molar-refractivity contribution is 0.474. The molecule has 0 spiro atoms. The van der Waals surface area contributed by atoms with Crippen LogP contribution in [0.4, 0.5) is 0 Å². The van der Waals surface area contributed by atoms with E-state index in [-0.39, 0.29) is 5.75 Å². The summed E-state index contributed by atoms with van der Waals surface area (Å²) in [6.45, 7) is 5.37. The molecule has 2 aromatic rings. The van der Waals surface area contributed by atoms with Gasteiger partial charge in [0.1, 0.15) is 0 Å². The van der Waals surface area contributed by atoms with Crippen molar-refractivity contribution in [2.75, 3.05) is 37.7 Å². The van der Waals surface area contributed by atoms with Crippen LogP contribution >= 0.6 is 11.8 Å². The number of rotatable bonds is 9. The first-order valence-corrected chi connectivity index (χ1v) is 13.2. The van der Waals surface area contributed by atoms with Crippen molar-refractivity contribution in [3.05, 3.63) is 60.7 Å². The SMILES string of the molecule is CCNC(=NCCCS(=O)(=O)c1ccccc1)N1CCC(CSc2ccccc2)C1. The number of hydrogen-bond acceptors (Lipinski definition) is 4. The van der Waals surface area contributed by atoms with Crippen molar-refractivity contribution in [2.45, 2.75) is 29.6 Å². The molecule has 30 heavy (non-hydrogen) atoms. The van der Waals surface area contributed by atoms with Crippen LogP contribution in [0.3, 0.4) is 0 Å². The van der Waals surface area contributed by atoms with Crippen LogP contribution in [-0.2, 0) is 9.84 Å². The Morgan fingerprint density at radius 2 is 1.83 bits per heavy atom. The predicted molar refractivity (Wildman–Crippen MR) is 126 cm³/mol. The molecule has 3 rings (SSSR count). The smallest absolute Gasteiger partial charge is 0.193 e. The normalized spacial score (nSPS) is 17.3. The largest absolute Gasteiger partial charge is 0.357 e. The van der Waals surface area contributed by atoms with E-state index in [1.54, 1.807) is 24.3 Å². The Balaban J connectivity index is 1.48. The zero-order valence-corrected chi connectivity index (χ0v) is 19.2. The summed E-state index contributed by atoms with van der Waals surface area (Å²) >= 11 is 1.91. The number of thioether (sulfide) groups is 1. The Bertz CT molecular complexity index is 903. The van der Waals surface area contributed by atoms with E-state index in [0.29, 0.717) is 23.8 Å². The third-order valence-corrected chi connectivity index (χ3v) is 8.14. The van der Waals surface area contributed by atoms with Crippen LogP contribution in [0.25, 0.3) is 0 Å². The summed E-state index contributed by atoms with van der Waals surface area (Å²) in [7, 11) is -3.24. The fourth-order valence-electron chi connectivity index (χ4n) is 3.50. The standard InChI is InChI=1S/C23H31N3O2S2/c1-2-24-23(25-15-9-17-30(27,28)22-12-7-4-8-13-22)26-16-14-20(18-26)19-29-21-10-5-3-6-11-21/h3-8,10-13,20H,2,9,14-19H2,1H3,(H,24,25). The average molecular weight is 446 g/mol. The number of nitrogens with zero attached hydrogens (tertiary/aromatic N) is 2. The molecule has 1 aliphatic heterocycles. The number of likely N-dealkylation sites (tertiary alicyclic amines) is 1. The van der Waals surface area contributed by atoms with E-state index < -0.39 is 9.84 Å². The summed E-state index contributed by atoms with van der Waals surface area (Å²) in [5.41, 5.74) is 0. The Labute approximate surface area is 184 Å². The molecule has 162 valence electrons. The van der Waals surface area contributed by atoms with Gasteiger partial charge in [0.2, 0.25) is 0 Å². The Morgan fingerprint density at radius 1 is 1.13 bits per heavy atom. The van der Waals surface area contributed by atoms with Crippen molar-refractivity contribution in [1.29, 1.82) is 0 Å². The molecule has 1 heterocycles. The van der Waals surface area contributed by atoms with E-state index in [9.17, 15) is 8.42 Å². The quantitative estimate of drug-likeness (QED) is 0.274. The first-order valence-electron chi connectivity index (χ1n) is 10.6. The monoisotopic (exact) mass is 445 g/mol. The van der Waals surface area contributed by atoms with Gasteiger partial charge in [-0.05, 0) is 49.9 Å². The number of guanidine groups is 1. The summed E-state index contributed by atoms with van der Waals surface area (Å²) < 4.78 is 24.8. The molecule has 2 aromatic carbocycles. The number of sulfone groups is 1. The second-order valence-corrected chi connectivity index (χ2v) is 10.6. The number of hydrogen-bond donors (Lipinski definition) is 1. The summed E-state index contributed by atoms with van der Waals surface area (Å²) in [6, 6.07) is 19.2. The molecule has 1 unspecified atom stereocenters. The zero-order chi connectivity index (χ0) is 21.2. The van der Waals surface area contributed by atoms with Gasteiger partial charge in [-0.1, -0.05) is 36.4 Å². The lowest BCUT2D eigenvalue weighted by atomic mass is 10.2. The van der Waals surface area contributed by atoms with Crippen molar-refractivity contribution in [3.63, 3.8) is 0 Å². The maximum absolute atomic E-state index is 12.4. The molecule has 5 nitrogen and oxygen atoms in total. The second-order valence-electron chi connectivity index (χ2n) is 7.45. The van der Waals surface area contributed by atoms with E-state index in [1.807, 2.05) is 23.9 Å². The zero-order valence-electron chi connectivity index (χ0n) is 17.5. The maximum Gasteiger partial charge on any atom is 0.193 e. The fraction of sp³-hybridized carbons (Fsp3) is 0.435. The first-order chi connectivity index (χ1) is 14.6.